The lowest BCUT2D eigenvalue weighted by atomic mass is 9.84. The van der Waals surface area contributed by atoms with E-state index in [2.05, 4.69) is 5.32 Å². The summed E-state index contributed by atoms with van der Waals surface area (Å²) in [4.78, 5) is 11.9. The Balaban J connectivity index is 0.00000225. The standard InChI is InChI=1S/C12H18N2O.ClH/c1-12(2,11(15)14-9-8-13)10-6-4-3-5-7-10;/h3-7H,8-9,13H2,1-2H3,(H,14,15);1H. The highest BCUT2D eigenvalue weighted by atomic mass is 35.5. The molecule has 1 aromatic rings. The summed E-state index contributed by atoms with van der Waals surface area (Å²) < 4.78 is 0. The topological polar surface area (TPSA) is 55.1 Å². The Morgan fingerprint density at radius 2 is 1.88 bits per heavy atom. The first kappa shape index (κ1) is 14.9. The van der Waals surface area contributed by atoms with E-state index in [1.165, 1.54) is 0 Å². The van der Waals surface area contributed by atoms with Gasteiger partial charge < -0.3 is 11.1 Å². The summed E-state index contributed by atoms with van der Waals surface area (Å²) in [6.07, 6.45) is 0. The second-order valence-corrected chi connectivity index (χ2v) is 4.04. The Morgan fingerprint density at radius 3 is 2.38 bits per heavy atom. The van der Waals surface area contributed by atoms with Crippen molar-refractivity contribution in [1.82, 2.24) is 5.32 Å². The number of hydrogen-bond acceptors (Lipinski definition) is 2. The lowest BCUT2D eigenvalue weighted by Gasteiger charge is -2.23. The average Bonchev–Trinajstić information content (AvgIpc) is 2.27. The minimum absolute atomic E-state index is 0. The average molecular weight is 243 g/mol. The molecule has 0 radical (unpaired) electrons. The van der Waals surface area contributed by atoms with Crippen molar-refractivity contribution < 1.29 is 4.79 Å². The molecule has 0 aliphatic rings. The maximum atomic E-state index is 11.9. The summed E-state index contributed by atoms with van der Waals surface area (Å²) in [6.45, 7) is 4.81. The van der Waals surface area contributed by atoms with E-state index in [9.17, 15) is 4.79 Å². The molecule has 0 saturated heterocycles. The molecular formula is C12H19ClN2O. The van der Waals surface area contributed by atoms with Crippen LogP contribution in [0, 0.1) is 0 Å². The molecule has 0 saturated carbocycles. The number of carbonyl (C=O) groups excluding carboxylic acids is 1. The molecular weight excluding hydrogens is 224 g/mol. The molecule has 3 nitrogen and oxygen atoms in total. The van der Waals surface area contributed by atoms with Crippen molar-refractivity contribution in [2.24, 2.45) is 5.73 Å². The Morgan fingerprint density at radius 1 is 1.31 bits per heavy atom. The molecule has 0 bridgehead atoms. The van der Waals surface area contributed by atoms with Gasteiger partial charge in [-0.25, -0.2) is 0 Å². The number of hydrogen-bond donors (Lipinski definition) is 2. The molecule has 0 heterocycles. The van der Waals surface area contributed by atoms with Crippen molar-refractivity contribution in [3.05, 3.63) is 35.9 Å². The van der Waals surface area contributed by atoms with Gasteiger partial charge in [0, 0.05) is 13.1 Å². The van der Waals surface area contributed by atoms with Crippen LogP contribution in [0.4, 0.5) is 0 Å². The van der Waals surface area contributed by atoms with Crippen LogP contribution in [0.1, 0.15) is 19.4 Å². The van der Waals surface area contributed by atoms with Crippen LogP contribution in [-0.2, 0) is 10.2 Å². The van der Waals surface area contributed by atoms with Crippen LogP contribution in [0.5, 0.6) is 0 Å². The summed E-state index contributed by atoms with van der Waals surface area (Å²) in [7, 11) is 0. The summed E-state index contributed by atoms with van der Waals surface area (Å²) >= 11 is 0. The van der Waals surface area contributed by atoms with Crippen molar-refractivity contribution in [3.8, 4) is 0 Å². The van der Waals surface area contributed by atoms with Crippen LogP contribution in [0.25, 0.3) is 0 Å². The van der Waals surface area contributed by atoms with Crippen molar-refractivity contribution in [1.29, 1.82) is 0 Å². The van der Waals surface area contributed by atoms with E-state index in [-0.39, 0.29) is 18.3 Å². The van der Waals surface area contributed by atoms with Gasteiger partial charge in [-0.05, 0) is 19.4 Å². The lowest BCUT2D eigenvalue weighted by molar-refractivity contribution is -0.125. The normalized spacial score (nSPS) is 10.4. The maximum absolute atomic E-state index is 11.9. The van der Waals surface area contributed by atoms with Crippen LogP contribution in [0.15, 0.2) is 30.3 Å². The van der Waals surface area contributed by atoms with Crippen molar-refractivity contribution in [2.75, 3.05) is 13.1 Å². The van der Waals surface area contributed by atoms with Gasteiger partial charge in [-0.15, -0.1) is 12.4 Å². The van der Waals surface area contributed by atoms with Gasteiger partial charge in [-0.3, -0.25) is 4.79 Å². The first-order valence-corrected chi connectivity index (χ1v) is 5.13. The van der Waals surface area contributed by atoms with E-state index in [1.807, 2.05) is 44.2 Å². The van der Waals surface area contributed by atoms with E-state index in [0.717, 1.165) is 5.56 Å². The molecule has 1 amide bonds. The molecule has 0 aliphatic carbocycles. The van der Waals surface area contributed by atoms with Crippen LogP contribution in [-0.4, -0.2) is 19.0 Å². The van der Waals surface area contributed by atoms with Crippen LogP contribution in [0.2, 0.25) is 0 Å². The number of nitrogens with one attached hydrogen (secondary N) is 1. The van der Waals surface area contributed by atoms with Crippen LogP contribution >= 0.6 is 12.4 Å². The summed E-state index contributed by atoms with van der Waals surface area (Å²) in [5.41, 5.74) is 5.85. The summed E-state index contributed by atoms with van der Waals surface area (Å²) in [5, 5.41) is 2.81. The highest BCUT2D eigenvalue weighted by molar-refractivity contribution is 5.87. The molecule has 4 heteroatoms. The number of benzene rings is 1. The van der Waals surface area contributed by atoms with E-state index in [0.29, 0.717) is 13.1 Å². The fraction of sp³-hybridized carbons (Fsp3) is 0.417. The fourth-order valence-corrected chi connectivity index (χ4v) is 1.39. The van der Waals surface area contributed by atoms with E-state index in [4.69, 9.17) is 5.73 Å². The second-order valence-electron chi connectivity index (χ2n) is 4.04. The van der Waals surface area contributed by atoms with Gasteiger partial charge in [0.15, 0.2) is 0 Å². The zero-order chi connectivity index (χ0) is 11.3. The van der Waals surface area contributed by atoms with Crippen LogP contribution in [0.3, 0.4) is 0 Å². The van der Waals surface area contributed by atoms with Gasteiger partial charge in [0.25, 0.3) is 0 Å². The van der Waals surface area contributed by atoms with Gasteiger partial charge >= 0.3 is 0 Å². The Bertz CT molecular complexity index is 325. The fourth-order valence-electron chi connectivity index (χ4n) is 1.39. The number of carbonyl (C=O) groups is 1. The van der Waals surface area contributed by atoms with Crippen molar-refractivity contribution in [3.63, 3.8) is 0 Å². The number of amides is 1. The zero-order valence-corrected chi connectivity index (χ0v) is 10.5. The highest BCUT2D eigenvalue weighted by Crippen LogP contribution is 2.22. The molecule has 1 rings (SSSR count). The van der Waals surface area contributed by atoms with E-state index >= 15 is 0 Å². The molecule has 0 spiro atoms. The third kappa shape index (κ3) is 3.51. The summed E-state index contributed by atoms with van der Waals surface area (Å²) in [5.74, 6) is 0.0131. The van der Waals surface area contributed by atoms with Gasteiger partial charge in [-0.2, -0.15) is 0 Å². The first-order valence-electron chi connectivity index (χ1n) is 5.13. The third-order valence-corrected chi connectivity index (χ3v) is 2.49. The molecule has 1 aromatic carbocycles. The maximum Gasteiger partial charge on any atom is 0.230 e. The predicted molar refractivity (Wildman–Crippen MR) is 68.8 cm³/mol. The van der Waals surface area contributed by atoms with Crippen LogP contribution < -0.4 is 11.1 Å². The lowest BCUT2D eigenvalue weighted by Crippen LogP contribution is -2.41. The van der Waals surface area contributed by atoms with Gasteiger partial charge in [0.05, 0.1) is 5.41 Å². The number of nitrogens with two attached hydrogens (primary N) is 1. The molecule has 0 aromatic heterocycles. The van der Waals surface area contributed by atoms with Gasteiger partial charge in [0.2, 0.25) is 5.91 Å². The van der Waals surface area contributed by atoms with Crippen molar-refractivity contribution >= 4 is 18.3 Å². The van der Waals surface area contributed by atoms with E-state index < -0.39 is 5.41 Å². The molecule has 0 aliphatic heterocycles. The second kappa shape index (κ2) is 6.51. The van der Waals surface area contributed by atoms with Gasteiger partial charge in [0.1, 0.15) is 0 Å². The molecule has 0 atom stereocenters. The van der Waals surface area contributed by atoms with E-state index in [1.54, 1.807) is 0 Å². The Labute approximate surface area is 103 Å². The minimum Gasteiger partial charge on any atom is -0.354 e. The van der Waals surface area contributed by atoms with Gasteiger partial charge in [-0.1, -0.05) is 30.3 Å². The smallest absolute Gasteiger partial charge is 0.230 e. The largest absolute Gasteiger partial charge is 0.354 e. The SMILES string of the molecule is CC(C)(C(=O)NCCN)c1ccccc1.Cl. The molecule has 16 heavy (non-hydrogen) atoms. The zero-order valence-electron chi connectivity index (χ0n) is 9.69. The number of rotatable bonds is 4. The third-order valence-electron chi connectivity index (χ3n) is 2.49. The number of halogens is 1. The predicted octanol–water partition coefficient (Wildman–Crippen LogP) is 1.46. The van der Waals surface area contributed by atoms with Crippen molar-refractivity contribution in [2.45, 2.75) is 19.3 Å². The quantitative estimate of drug-likeness (QED) is 0.840. The monoisotopic (exact) mass is 242 g/mol. The summed E-state index contributed by atoms with van der Waals surface area (Å²) in [6, 6.07) is 9.74. The molecule has 3 N–H and O–H groups in total. The highest BCUT2D eigenvalue weighted by Gasteiger charge is 2.28. The molecule has 0 unspecified atom stereocenters. The molecule has 0 fully saturated rings. The Hall–Kier alpha value is -1.06. The minimum atomic E-state index is -0.504. The Kier molecular flexibility index (Phi) is 6.08. The first-order chi connectivity index (χ1) is 7.09. The molecule has 90 valence electrons.